The second-order valence-corrected chi connectivity index (χ2v) is 9.21. The highest BCUT2D eigenvalue weighted by Crippen LogP contribution is 2.08. The lowest BCUT2D eigenvalue weighted by Crippen LogP contribution is -2.33. The van der Waals surface area contributed by atoms with E-state index in [9.17, 15) is 0 Å². The molecule has 0 fully saturated rings. The number of hydrogen-bond acceptors (Lipinski definition) is 1. The molecule has 1 aromatic rings. The fourth-order valence-corrected chi connectivity index (χ4v) is 2.31. The fraction of sp³-hybridized carbons (Fsp3) is 0.500. The minimum Gasteiger partial charge on any atom is -0.416 e. The first-order valence-electron chi connectivity index (χ1n) is 5.38. The van der Waals surface area contributed by atoms with Gasteiger partial charge in [0.05, 0.1) is 0 Å². The van der Waals surface area contributed by atoms with Gasteiger partial charge in [0.1, 0.15) is 0 Å². The van der Waals surface area contributed by atoms with E-state index in [1.807, 2.05) is 6.07 Å². The molecule has 0 heterocycles. The fourth-order valence-electron chi connectivity index (χ4n) is 1.31. The molecule has 3 heteroatoms. The van der Waals surface area contributed by atoms with Crippen LogP contribution in [0.25, 0.3) is 0 Å². The van der Waals surface area contributed by atoms with E-state index in [1.54, 1.807) is 0 Å². The third kappa shape index (κ3) is 5.35. The summed E-state index contributed by atoms with van der Waals surface area (Å²) in [6.45, 7) is 5.14. The molecular weight excluding hydrogens is 224 g/mol. The molecule has 0 unspecified atom stereocenters. The summed E-state index contributed by atoms with van der Waals surface area (Å²) in [6, 6.07) is 10.5. The summed E-state index contributed by atoms with van der Waals surface area (Å²) in [5.41, 5.74) is 2.06. The molecule has 0 saturated carbocycles. The van der Waals surface area contributed by atoms with Gasteiger partial charge in [0.25, 0.3) is 0 Å². The number of aryl methyl sites for hydroxylation is 1. The van der Waals surface area contributed by atoms with Gasteiger partial charge >= 0.3 is 0 Å². The molecule has 0 aliphatic heterocycles. The Balaban J connectivity index is 2.18. The number of benzene rings is 1. The van der Waals surface area contributed by atoms with Crippen molar-refractivity contribution in [1.82, 2.24) is 0 Å². The third-order valence-corrected chi connectivity index (χ3v) is 5.83. The lowest BCUT2D eigenvalue weighted by atomic mass is 10.1. The quantitative estimate of drug-likeness (QED) is 0.421. The molecule has 1 aromatic carbocycles. The van der Waals surface area contributed by atoms with Gasteiger partial charge in [-0.15, -0.1) is 11.6 Å². The van der Waals surface area contributed by atoms with Crippen LogP contribution in [0, 0.1) is 0 Å². The van der Waals surface area contributed by atoms with Gasteiger partial charge in [0, 0.05) is 12.1 Å². The van der Waals surface area contributed by atoms with Gasteiger partial charge in [0.2, 0.25) is 8.32 Å². The van der Waals surface area contributed by atoms with Crippen LogP contribution >= 0.6 is 11.6 Å². The maximum atomic E-state index is 5.83. The topological polar surface area (TPSA) is 9.23 Å². The monoisotopic (exact) mass is 242 g/mol. The molecule has 0 radical (unpaired) electrons. The second-order valence-electron chi connectivity index (χ2n) is 4.33. The van der Waals surface area contributed by atoms with Crippen molar-refractivity contribution in [1.29, 1.82) is 0 Å². The zero-order valence-corrected chi connectivity index (χ0v) is 11.3. The standard InChI is InChI=1S/C12H19ClOSi/c1-15(2,11-13)14-10-6-9-12-7-4-3-5-8-12/h3-5,7-8H,6,9-11H2,1-2H3. The van der Waals surface area contributed by atoms with E-state index < -0.39 is 8.32 Å². The van der Waals surface area contributed by atoms with E-state index in [0.717, 1.165) is 19.4 Å². The third-order valence-electron chi connectivity index (χ3n) is 2.27. The van der Waals surface area contributed by atoms with Gasteiger partial charge in [0.15, 0.2) is 0 Å². The summed E-state index contributed by atoms with van der Waals surface area (Å²) in [4.78, 5) is 0. The normalized spacial score (nSPS) is 11.7. The van der Waals surface area contributed by atoms with Crippen molar-refractivity contribution in [3.8, 4) is 0 Å². The van der Waals surface area contributed by atoms with Crippen LogP contribution in [0.4, 0.5) is 0 Å². The lowest BCUT2D eigenvalue weighted by Gasteiger charge is -2.19. The van der Waals surface area contributed by atoms with E-state index in [4.69, 9.17) is 16.0 Å². The van der Waals surface area contributed by atoms with Gasteiger partial charge in [-0.1, -0.05) is 30.3 Å². The molecular formula is C12H19ClOSi. The second kappa shape index (κ2) is 6.31. The molecule has 0 spiro atoms. The molecule has 1 nitrogen and oxygen atoms in total. The summed E-state index contributed by atoms with van der Waals surface area (Å²) in [7, 11) is -1.55. The van der Waals surface area contributed by atoms with Crippen molar-refractivity contribution >= 4 is 19.9 Å². The largest absolute Gasteiger partial charge is 0.416 e. The molecule has 0 bridgehead atoms. The maximum absolute atomic E-state index is 5.83. The van der Waals surface area contributed by atoms with Crippen LogP contribution in [-0.2, 0) is 10.8 Å². The highest BCUT2D eigenvalue weighted by atomic mass is 35.5. The van der Waals surface area contributed by atoms with Crippen LogP contribution in [0.3, 0.4) is 0 Å². The Morgan fingerprint density at radius 3 is 2.47 bits per heavy atom. The van der Waals surface area contributed by atoms with Crippen molar-refractivity contribution < 1.29 is 4.43 Å². The van der Waals surface area contributed by atoms with Crippen molar-refractivity contribution in [2.24, 2.45) is 0 Å². The molecule has 0 aromatic heterocycles. The van der Waals surface area contributed by atoms with Crippen LogP contribution in [0.5, 0.6) is 0 Å². The molecule has 0 N–H and O–H groups in total. The average molecular weight is 243 g/mol. The molecule has 0 saturated heterocycles. The highest BCUT2D eigenvalue weighted by Gasteiger charge is 2.20. The van der Waals surface area contributed by atoms with Crippen LogP contribution in [0.15, 0.2) is 30.3 Å². The molecule has 0 aliphatic rings. The van der Waals surface area contributed by atoms with E-state index in [-0.39, 0.29) is 0 Å². The van der Waals surface area contributed by atoms with E-state index in [1.165, 1.54) is 5.56 Å². The number of rotatable bonds is 6. The Morgan fingerprint density at radius 1 is 1.20 bits per heavy atom. The van der Waals surface area contributed by atoms with Crippen molar-refractivity contribution in [3.63, 3.8) is 0 Å². The smallest absolute Gasteiger partial charge is 0.201 e. The zero-order valence-electron chi connectivity index (χ0n) is 9.50. The maximum Gasteiger partial charge on any atom is 0.201 e. The number of hydrogen-bond donors (Lipinski definition) is 0. The molecule has 0 amide bonds. The average Bonchev–Trinajstić information content (AvgIpc) is 2.26. The number of alkyl halides is 1. The Morgan fingerprint density at radius 2 is 1.87 bits per heavy atom. The van der Waals surface area contributed by atoms with E-state index in [0.29, 0.717) is 5.50 Å². The Bertz CT molecular complexity index is 274. The summed E-state index contributed by atoms with van der Waals surface area (Å²) in [5, 5.41) is 0. The molecule has 0 atom stereocenters. The van der Waals surface area contributed by atoms with Crippen molar-refractivity contribution in [2.75, 3.05) is 12.1 Å². The molecule has 1 rings (SSSR count). The first kappa shape index (κ1) is 12.8. The molecule has 15 heavy (non-hydrogen) atoms. The van der Waals surface area contributed by atoms with Gasteiger partial charge in [-0.05, 0) is 31.5 Å². The van der Waals surface area contributed by atoms with Gasteiger partial charge in [-0.3, -0.25) is 0 Å². The van der Waals surface area contributed by atoms with Crippen LogP contribution in [-0.4, -0.2) is 20.4 Å². The minimum atomic E-state index is -1.55. The first-order valence-corrected chi connectivity index (χ1v) is 9.03. The van der Waals surface area contributed by atoms with E-state index >= 15 is 0 Å². The Hall–Kier alpha value is -0.313. The van der Waals surface area contributed by atoms with Crippen molar-refractivity contribution in [2.45, 2.75) is 25.9 Å². The van der Waals surface area contributed by atoms with Gasteiger partial charge in [-0.25, -0.2) is 0 Å². The van der Waals surface area contributed by atoms with Crippen LogP contribution in [0.1, 0.15) is 12.0 Å². The summed E-state index contributed by atoms with van der Waals surface area (Å²) in [5.74, 6) is 0. The summed E-state index contributed by atoms with van der Waals surface area (Å²) >= 11 is 5.83. The number of halogens is 1. The van der Waals surface area contributed by atoms with E-state index in [2.05, 4.69) is 37.4 Å². The minimum absolute atomic E-state index is 0.679. The summed E-state index contributed by atoms with van der Waals surface area (Å²) < 4.78 is 5.81. The first-order chi connectivity index (χ1) is 7.14. The molecule has 84 valence electrons. The zero-order chi connectivity index (χ0) is 11.1. The highest BCUT2D eigenvalue weighted by molar-refractivity contribution is 6.77. The van der Waals surface area contributed by atoms with Crippen LogP contribution < -0.4 is 0 Å². The van der Waals surface area contributed by atoms with Crippen LogP contribution in [0.2, 0.25) is 13.1 Å². The summed E-state index contributed by atoms with van der Waals surface area (Å²) in [6.07, 6.45) is 2.17. The van der Waals surface area contributed by atoms with Gasteiger partial charge in [-0.2, -0.15) is 0 Å². The Kier molecular flexibility index (Phi) is 5.36. The van der Waals surface area contributed by atoms with Crippen molar-refractivity contribution in [3.05, 3.63) is 35.9 Å². The molecule has 0 aliphatic carbocycles. The van der Waals surface area contributed by atoms with Gasteiger partial charge < -0.3 is 4.43 Å². The predicted molar refractivity (Wildman–Crippen MR) is 68.9 cm³/mol. The Labute approximate surface area is 98.5 Å². The predicted octanol–water partition coefficient (Wildman–Crippen LogP) is 3.62. The lowest BCUT2D eigenvalue weighted by molar-refractivity contribution is 0.304. The SMILES string of the molecule is C[Si](C)(CCl)OCCCc1ccccc1.